The average Bonchev–Trinajstić information content (AvgIpc) is 3.26. The normalized spacial score (nSPS) is 10.4. The van der Waals surface area contributed by atoms with Crippen LogP contribution in [0.5, 0.6) is 17.2 Å². The second-order valence-electron chi connectivity index (χ2n) is 6.07. The number of nitrogens with one attached hydrogen (secondary N) is 1. The summed E-state index contributed by atoms with van der Waals surface area (Å²) in [4.78, 5) is 23.2. The number of hydrogen-bond donors (Lipinski definition) is 2. The lowest BCUT2D eigenvalue weighted by atomic mass is 10.2. The number of methoxy groups -OCH3 is 3. The first-order valence-corrected chi connectivity index (χ1v) is 9.90. The average molecular weight is 444 g/mol. The van der Waals surface area contributed by atoms with Gasteiger partial charge >= 0.3 is 0 Å². The van der Waals surface area contributed by atoms with Crippen molar-refractivity contribution in [3.63, 3.8) is 0 Å². The van der Waals surface area contributed by atoms with Gasteiger partial charge in [-0.2, -0.15) is 0 Å². The number of nitrogens with two attached hydrogens (primary N) is 1. The van der Waals surface area contributed by atoms with Crippen LogP contribution in [0.2, 0.25) is 0 Å². The largest absolute Gasteiger partial charge is 0.493 e. The number of nitrogens with zero attached hydrogens (tertiary/aromatic N) is 2. The Morgan fingerprint density at radius 3 is 2.23 bits per heavy atom. The zero-order chi connectivity index (χ0) is 22.4. The summed E-state index contributed by atoms with van der Waals surface area (Å²) in [6.07, 6.45) is 0. The molecule has 0 bridgehead atoms. The van der Waals surface area contributed by atoms with E-state index in [0.29, 0.717) is 34.1 Å². The summed E-state index contributed by atoms with van der Waals surface area (Å²) in [6.45, 7) is 0. The minimum absolute atomic E-state index is 0.0501. The van der Waals surface area contributed by atoms with Crippen LogP contribution in [0, 0.1) is 0 Å². The summed E-state index contributed by atoms with van der Waals surface area (Å²) >= 11 is 1.09. The zero-order valence-corrected chi connectivity index (χ0v) is 17.8. The summed E-state index contributed by atoms with van der Waals surface area (Å²) in [5.74, 6) is 0.829. The molecule has 0 unspecified atom stereocenters. The predicted molar refractivity (Wildman–Crippen MR) is 114 cm³/mol. The molecule has 2 aromatic carbocycles. The number of primary amides is 1. The molecule has 0 aliphatic rings. The number of hydrogen-bond acceptors (Lipinski definition) is 9. The van der Waals surface area contributed by atoms with E-state index >= 15 is 0 Å². The third kappa shape index (κ3) is 5.25. The lowest BCUT2D eigenvalue weighted by molar-refractivity contribution is -0.113. The fourth-order valence-electron chi connectivity index (χ4n) is 2.63. The van der Waals surface area contributed by atoms with Gasteiger partial charge in [0.1, 0.15) is 0 Å². The van der Waals surface area contributed by atoms with Crippen molar-refractivity contribution in [2.75, 3.05) is 32.4 Å². The first-order valence-electron chi connectivity index (χ1n) is 8.91. The molecule has 0 saturated heterocycles. The van der Waals surface area contributed by atoms with Gasteiger partial charge in [0.2, 0.25) is 23.5 Å². The first-order chi connectivity index (χ1) is 14.9. The Labute approximate surface area is 182 Å². The van der Waals surface area contributed by atoms with Gasteiger partial charge in [-0.25, -0.2) is 0 Å². The lowest BCUT2D eigenvalue weighted by Crippen LogP contribution is -2.15. The Morgan fingerprint density at radius 2 is 1.68 bits per heavy atom. The van der Waals surface area contributed by atoms with Crippen LogP contribution in [0.15, 0.2) is 46.0 Å². The van der Waals surface area contributed by atoms with E-state index < -0.39 is 5.91 Å². The monoisotopic (exact) mass is 444 g/mol. The van der Waals surface area contributed by atoms with E-state index in [1.165, 1.54) is 33.5 Å². The molecule has 2 amide bonds. The van der Waals surface area contributed by atoms with Crippen molar-refractivity contribution in [3.05, 3.63) is 42.0 Å². The van der Waals surface area contributed by atoms with E-state index in [4.69, 9.17) is 24.4 Å². The van der Waals surface area contributed by atoms with Crippen molar-refractivity contribution in [3.8, 4) is 28.7 Å². The Kier molecular flexibility index (Phi) is 6.98. The number of anilines is 1. The predicted octanol–water partition coefficient (Wildman–Crippen LogP) is 2.59. The minimum Gasteiger partial charge on any atom is -0.493 e. The number of rotatable bonds is 9. The van der Waals surface area contributed by atoms with Gasteiger partial charge in [0, 0.05) is 16.8 Å². The van der Waals surface area contributed by atoms with Crippen LogP contribution >= 0.6 is 11.8 Å². The van der Waals surface area contributed by atoms with Gasteiger partial charge in [0.25, 0.3) is 5.22 Å². The number of amides is 2. The number of aromatic nitrogens is 2. The number of carbonyl (C=O) groups excluding carboxylic acids is 2. The summed E-state index contributed by atoms with van der Waals surface area (Å²) in [5, 5.41) is 10.9. The van der Waals surface area contributed by atoms with E-state index in [-0.39, 0.29) is 22.8 Å². The van der Waals surface area contributed by atoms with Crippen LogP contribution in [-0.2, 0) is 4.79 Å². The van der Waals surface area contributed by atoms with Crippen LogP contribution < -0.4 is 25.3 Å². The molecule has 0 fully saturated rings. The quantitative estimate of drug-likeness (QED) is 0.477. The first kappa shape index (κ1) is 22.0. The minimum atomic E-state index is -0.535. The molecule has 0 saturated carbocycles. The standard InChI is InChI=1S/C20H20N4O6S/c1-27-14-8-12(9-15(28-2)17(14)29-3)19-23-24-20(30-19)31-10-16(25)22-13-6-4-11(5-7-13)18(21)26/h4-9H,10H2,1-3H3,(H2,21,26)(H,22,25). The topological polar surface area (TPSA) is 139 Å². The maximum absolute atomic E-state index is 12.2. The Balaban J connectivity index is 1.65. The van der Waals surface area contributed by atoms with E-state index in [0.717, 1.165) is 11.8 Å². The van der Waals surface area contributed by atoms with Gasteiger partial charge in [0.15, 0.2) is 11.5 Å². The molecule has 0 aliphatic carbocycles. The smallest absolute Gasteiger partial charge is 0.277 e. The van der Waals surface area contributed by atoms with Crippen LogP contribution in [0.4, 0.5) is 5.69 Å². The molecule has 3 rings (SSSR count). The second kappa shape index (κ2) is 9.85. The third-order valence-corrected chi connectivity index (χ3v) is 4.92. The van der Waals surface area contributed by atoms with Gasteiger partial charge in [-0.05, 0) is 36.4 Å². The van der Waals surface area contributed by atoms with Crippen LogP contribution in [0.25, 0.3) is 11.5 Å². The van der Waals surface area contributed by atoms with Crippen LogP contribution in [0.3, 0.4) is 0 Å². The Hall–Kier alpha value is -3.73. The van der Waals surface area contributed by atoms with Crippen molar-refractivity contribution in [2.45, 2.75) is 5.22 Å². The van der Waals surface area contributed by atoms with Gasteiger partial charge in [-0.1, -0.05) is 11.8 Å². The molecular weight excluding hydrogens is 424 g/mol. The van der Waals surface area contributed by atoms with E-state index in [1.807, 2.05) is 0 Å². The fraction of sp³-hybridized carbons (Fsp3) is 0.200. The molecular formula is C20H20N4O6S. The van der Waals surface area contributed by atoms with Gasteiger partial charge in [-0.3, -0.25) is 9.59 Å². The molecule has 3 N–H and O–H groups in total. The second-order valence-corrected chi connectivity index (χ2v) is 6.99. The van der Waals surface area contributed by atoms with Crippen molar-refractivity contribution >= 4 is 29.3 Å². The summed E-state index contributed by atoms with van der Waals surface area (Å²) in [7, 11) is 4.53. The zero-order valence-electron chi connectivity index (χ0n) is 17.0. The summed E-state index contributed by atoms with van der Waals surface area (Å²) in [6, 6.07) is 9.63. The van der Waals surface area contributed by atoms with Crippen molar-refractivity contribution in [1.82, 2.24) is 10.2 Å². The molecule has 11 heteroatoms. The molecule has 31 heavy (non-hydrogen) atoms. The van der Waals surface area contributed by atoms with Gasteiger partial charge in [-0.15, -0.1) is 10.2 Å². The molecule has 0 atom stereocenters. The van der Waals surface area contributed by atoms with Gasteiger partial charge < -0.3 is 29.7 Å². The number of carbonyl (C=O) groups is 2. The third-order valence-electron chi connectivity index (χ3n) is 4.10. The number of benzene rings is 2. The highest BCUT2D eigenvalue weighted by atomic mass is 32.2. The van der Waals surface area contributed by atoms with Crippen molar-refractivity contribution in [2.24, 2.45) is 5.73 Å². The number of thioether (sulfide) groups is 1. The maximum atomic E-state index is 12.2. The summed E-state index contributed by atoms with van der Waals surface area (Å²) < 4.78 is 21.6. The molecule has 10 nitrogen and oxygen atoms in total. The highest BCUT2D eigenvalue weighted by Crippen LogP contribution is 2.41. The lowest BCUT2D eigenvalue weighted by Gasteiger charge is -2.12. The molecule has 1 aromatic heterocycles. The van der Waals surface area contributed by atoms with Crippen LogP contribution in [-0.4, -0.2) is 49.1 Å². The SMILES string of the molecule is COc1cc(-c2nnc(SCC(=O)Nc3ccc(C(N)=O)cc3)o2)cc(OC)c1OC. The van der Waals surface area contributed by atoms with Crippen LogP contribution in [0.1, 0.15) is 10.4 Å². The molecule has 1 heterocycles. The summed E-state index contributed by atoms with van der Waals surface area (Å²) in [5.41, 5.74) is 6.67. The molecule has 0 aliphatic heterocycles. The number of ether oxygens (including phenoxy) is 3. The highest BCUT2D eigenvalue weighted by Gasteiger charge is 2.18. The Morgan fingerprint density at radius 1 is 1.03 bits per heavy atom. The highest BCUT2D eigenvalue weighted by molar-refractivity contribution is 7.99. The van der Waals surface area contributed by atoms with Crippen molar-refractivity contribution in [1.29, 1.82) is 0 Å². The molecule has 0 spiro atoms. The molecule has 3 aromatic rings. The van der Waals surface area contributed by atoms with E-state index in [1.54, 1.807) is 24.3 Å². The van der Waals surface area contributed by atoms with E-state index in [9.17, 15) is 9.59 Å². The maximum Gasteiger partial charge on any atom is 0.277 e. The molecule has 162 valence electrons. The van der Waals surface area contributed by atoms with Gasteiger partial charge in [0.05, 0.1) is 27.1 Å². The van der Waals surface area contributed by atoms with Crippen molar-refractivity contribution < 1.29 is 28.2 Å². The fourth-order valence-corrected chi connectivity index (χ4v) is 3.19. The Bertz CT molecular complexity index is 1060. The molecule has 0 radical (unpaired) electrons. The van der Waals surface area contributed by atoms with E-state index in [2.05, 4.69) is 15.5 Å².